The average Bonchev–Trinajstić information content (AvgIpc) is 2.68. The lowest BCUT2D eigenvalue weighted by Crippen LogP contribution is -2.13. The number of nitrogens with one attached hydrogen (secondary N) is 1. The first-order valence-electron chi connectivity index (χ1n) is 5.98. The van der Waals surface area contributed by atoms with Crippen LogP contribution >= 0.6 is 22.9 Å². The molecule has 0 aliphatic rings. The lowest BCUT2D eigenvalue weighted by atomic mass is 10.1. The van der Waals surface area contributed by atoms with Crippen LogP contribution in [-0.4, -0.2) is 13.1 Å². The Kier molecular flexibility index (Phi) is 7.85. The van der Waals surface area contributed by atoms with Crippen LogP contribution in [0.3, 0.4) is 0 Å². The minimum atomic E-state index is 0.831. The Balaban J connectivity index is 1.88. The topological polar surface area (TPSA) is 38.0 Å². The Morgan fingerprint density at radius 3 is 2.56 bits per heavy atom. The molecule has 0 amide bonds. The van der Waals surface area contributed by atoms with Crippen LogP contribution in [0.5, 0.6) is 0 Å². The SMILES string of the molecule is NCCCCCCCNCc1ccc(Cl)s1. The zero-order valence-electron chi connectivity index (χ0n) is 9.68. The molecule has 0 spiro atoms. The molecule has 0 radical (unpaired) electrons. The number of rotatable bonds is 9. The van der Waals surface area contributed by atoms with Crippen molar-refractivity contribution >= 4 is 22.9 Å². The molecule has 0 bridgehead atoms. The van der Waals surface area contributed by atoms with Crippen LogP contribution < -0.4 is 11.1 Å². The van der Waals surface area contributed by atoms with Crippen LogP contribution in [0.25, 0.3) is 0 Å². The Morgan fingerprint density at radius 2 is 1.88 bits per heavy atom. The molecule has 0 unspecified atom stereocenters. The average molecular weight is 261 g/mol. The molecule has 1 rings (SSSR count). The van der Waals surface area contributed by atoms with Gasteiger partial charge >= 0.3 is 0 Å². The van der Waals surface area contributed by atoms with E-state index >= 15 is 0 Å². The molecule has 16 heavy (non-hydrogen) atoms. The van der Waals surface area contributed by atoms with Crippen molar-refractivity contribution in [2.75, 3.05) is 13.1 Å². The number of unbranched alkanes of at least 4 members (excludes halogenated alkanes) is 4. The second-order valence-electron chi connectivity index (χ2n) is 3.94. The van der Waals surface area contributed by atoms with Crippen LogP contribution in [0, 0.1) is 0 Å². The summed E-state index contributed by atoms with van der Waals surface area (Å²) < 4.78 is 0.874. The highest BCUT2D eigenvalue weighted by Gasteiger charge is 1.96. The molecule has 0 fully saturated rings. The lowest BCUT2D eigenvalue weighted by molar-refractivity contribution is 0.579. The van der Waals surface area contributed by atoms with E-state index in [2.05, 4.69) is 11.4 Å². The Hall–Kier alpha value is -0.0900. The van der Waals surface area contributed by atoms with Gasteiger partial charge in [0, 0.05) is 11.4 Å². The van der Waals surface area contributed by atoms with Crippen LogP contribution in [-0.2, 0) is 6.54 Å². The minimum Gasteiger partial charge on any atom is -0.330 e. The predicted octanol–water partition coefficient (Wildman–Crippen LogP) is 3.40. The molecule has 4 heteroatoms. The molecular formula is C12H21ClN2S. The van der Waals surface area contributed by atoms with Gasteiger partial charge in [-0.25, -0.2) is 0 Å². The van der Waals surface area contributed by atoms with Gasteiger partial charge in [0.05, 0.1) is 4.34 Å². The van der Waals surface area contributed by atoms with Crippen molar-refractivity contribution in [3.05, 3.63) is 21.3 Å². The van der Waals surface area contributed by atoms with Gasteiger partial charge in [-0.1, -0.05) is 30.9 Å². The van der Waals surface area contributed by atoms with Crippen LogP contribution in [0.4, 0.5) is 0 Å². The third kappa shape index (κ3) is 6.48. The van der Waals surface area contributed by atoms with Gasteiger partial charge in [-0.15, -0.1) is 11.3 Å². The molecule has 0 aliphatic carbocycles. The van der Waals surface area contributed by atoms with Crippen molar-refractivity contribution in [2.45, 2.75) is 38.6 Å². The van der Waals surface area contributed by atoms with Crippen molar-refractivity contribution in [1.82, 2.24) is 5.32 Å². The van der Waals surface area contributed by atoms with E-state index in [-0.39, 0.29) is 0 Å². The molecule has 1 aromatic heterocycles. The fourth-order valence-corrected chi connectivity index (χ4v) is 2.64. The quantitative estimate of drug-likeness (QED) is 0.668. The normalized spacial score (nSPS) is 10.9. The fourth-order valence-electron chi connectivity index (χ4n) is 1.58. The summed E-state index contributed by atoms with van der Waals surface area (Å²) in [4.78, 5) is 1.31. The van der Waals surface area contributed by atoms with Gasteiger partial charge in [0.1, 0.15) is 0 Å². The van der Waals surface area contributed by atoms with Gasteiger partial charge in [-0.05, 0) is 38.1 Å². The first-order chi connectivity index (χ1) is 7.83. The minimum absolute atomic E-state index is 0.831. The Morgan fingerprint density at radius 1 is 1.12 bits per heavy atom. The molecule has 0 aliphatic heterocycles. The monoisotopic (exact) mass is 260 g/mol. The summed E-state index contributed by atoms with van der Waals surface area (Å²) >= 11 is 7.50. The van der Waals surface area contributed by atoms with Gasteiger partial charge < -0.3 is 11.1 Å². The van der Waals surface area contributed by atoms with Gasteiger partial charge in [0.25, 0.3) is 0 Å². The predicted molar refractivity (Wildman–Crippen MR) is 73.2 cm³/mol. The zero-order valence-corrected chi connectivity index (χ0v) is 11.2. The molecule has 2 nitrogen and oxygen atoms in total. The number of halogens is 1. The molecular weight excluding hydrogens is 240 g/mol. The van der Waals surface area contributed by atoms with Gasteiger partial charge in [-0.3, -0.25) is 0 Å². The molecule has 3 N–H and O–H groups in total. The number of nitrogens with two attached hydrogens (primary N) is 1. The zero-order chi connectivity index (χ0) is 11.6. The highest BCUT2D eigenvalue weighted by Crippen LogP contribution is 2.20. The number of hydrogen-bond donors (Lipinski definition) is 2. The highest BCUT2D eigenvalue weighted by molar-refractivity contribution is 7.16. The molecule has 1 aromatic rings. The largest absolute Gasteiger partial charge is 0.330 e. The van der Waals surface area contributed by atoms with Gasteiger partial charge in [-0.2, -0.15) is 0 Å². The van der Waals surface area contributed by atoms with Crippen molar-refractivity contribution in [1.29, 1.82) is 0 Å². The molecule has 0 atom stereocenters. The maximum Gasteiger partial charge on any atom is 0.0931 e. The first kappa shape index (κ1) is 14.0. The van der Waals surface area contributed by atoms with Crippen LogP contribution in [0.15, 0.2) is 12.1 Å². The fraction of sp³-hybridized carbons (Fsp3) is 0.667. The molecule has 1 heterocycles. The smallest absolute Gasteiger partial charge is 0.0931 e. The molecule has 0 saturated heterocycles. The van der Waals surface area contributed by atoms with E-state index < -0.39 is 0 Å². The highest BCUT2D eigenvalue weighted by atomic mass is 35.5. The second-order valence-corrected chi connectivity index (χ2v) is 5.74. The van der Waals surface area contributed by atoms with E-state index in [4.69, 9.17) is 17.3 Å². The third-order valence-electron chi connectivity index (χ3n) is 2.49. The van der Waals surface area contributed by atoms with Crippen LogP contribution in [0.2, 0.25) is 4.34 Å². The van der Waals surface area contributed by atoms with Gasteiger partial charge in [0.15, 0.2) is 0 Å². The summed E-state index contributed by atoms with van der Waals surface area (Å²) in [5.41, 5.74) is 5.44. The van der Waals surface area contributed by atoms with E-state index in [9.17, 15) is 0 Å². The van der Waals surface area contributed by atoms with Crippen molar-refractivity contribution in [2.24, 2.45) is 5.73 Å². The lowest BCUT2D eigenvalue weighted by Gasteiger charge is -2.03. The summed E-state index contributed by atoms with van der Waals surface area (Å²) in [5, 5.41) is 3.43. The van der Waals surface area contributed by atoms with E-state index in [0.717, 1.165) is 24.0 Å². The third-order valence-corrected chi connectivity index (χ3v) is 3.72. The van der Waals surface area contributed by atoms with Crippen LogP contribution in [0.1, 0.15) is 37.0 Å². The van der Waals surface area contributed by atoms with Crippen molar-refractivity contribution < 1.29 is 0 Å². The summed E-state index contributed by atoms with van der Waals surface area (Å²) in [6.45, 7) is 2.87. The first-order valence-corrected chi connectivity index (χ1v) is 7.17. The molecule has 0 aromatic carbocycles. The van der Waals surface area contributed by atoms with Gasteiger partial charge in [0.2, 0.25) is 0 Å². The standard InChI is InChI=1S/C12H21ClN2S/c13-12-7-6-11(16-12)10-15-9-5-3-1-2-4-8-14/h6-7,15H,1-5,8-10,14H2. The summed E-state index contributed by atoms with van der Waals surface area (Å²) in [6.07, 6.45) is 6.31. The summed E-state index contributed by atoms with van der Waals surface area (Å²) in [5.74, 6) is 0. The van der Waals surface area contributed by atoms with E-state index in [0.29, 0.717) is 0 Å². The molecule has 0 saturated carbocycles. The number of thiophene rings is 1. The molecule has 92 valence electrons. The summed E-state index contributed by atoms with van der Waals surface area (Å²) in [6, 6.07) is 4.04. The maximum absolute atomic E-state index is 5.85. The van der Waals surface area contributed by atoms with E-state index in [1.165, 1.54) is 37.0 Å². The Bertz CT molecular complexity index is 276. The summed E-state index contributed by atoms with van der Waals surface area (Å²) in [7, 11) is 0. The van der Waals surface area contributed by atoms with E-state index in [1.807, 2.05) is 6.07 Å². The van der Waals surface area contributed by atoms with Crippen molar-refractivity contribution in [3.63, 3.8) is 0 Å². The van der Waals surface area contributed by atoms with E-state index in [1.54, 1.807) is 11.3 Å². The maximum atomic E-state index is 5.85. The Labute approximate surface area is 107 Å². The van der Waals surface area contributed by atoms with Crippen molar-refractivity contribution in [3.8, 4) is 0 Å². The number of hydrogen-bond acceptors (Lipinski definition) is 3. The second kappa shape index (κ2) is 8.99.